The van der Waals surface area contributed by atoms with Crippen molar-refractivity contribution in [1.82, 2.24) is 0 Å². The largest absolute Gasteiger partial charge is 0.329 e. The summed E-state index contributed by atoms with van der Waals surface area (Å²) in [5.74, 6) is 1.06. The second-order valence-corrected chi connectivity index (χ2v) is 4.16. The second kappa shape index (κ2) is 9.88. The van der Waals surface area contributed by atoms with Gasteiger partial charge in [-0.25, -0.2) is 0 Å². The van der Waals surface area contributed by atoms with Crippen LogP contribution in [0.4, 0.5) is 5.69 Å². The van der Waals surface area contributed by atoms with E-state index in [1.165, 1.54) is 24.8 Å². The maximum atomic E-state index is 9.95. The number of anilines is 1. The minimum absolute atomic E-state index is 0.671. The van der Waals surface area contributed by atoms with Crippen LogP contribution in [-0.2, 0) is 4.79 Å². The SMILES string of the molecule is CC.CC1CCC1.Cc1ccc(NC=O)cc1. The van der Waals surface area contributed by atoms with Crippen molar-refractivity contribution >= 4 is 12.1 Å². The molecule has 2 rings (SSSR count). The average Bonchev–Trinajstić information content (AvgIpc) is 2.33. The molecule has 1 amide bonds. The van der Waals surface area contributed by atoms with Crippen LogP contribution in [-0.4, -0.2) is 6.41 Å². The molecular formula is C15H25NO. The normalized spacial score (nSPS) is 13.2. The van der Waals surface area contributed by atoms with Crippen LogP contribution >= 0.6 is 0 Å². The van der Waals surface area contributed by atoms with E-state index in [9.17, 15) is 4.79 Å². The van der Waals surface area contributed by atoms with Crippen LogP contribution in [0.3, 0.4) is 0 Å². The smallest absolute Gasteiger partial charge is 0.211 e. The van der Waals surface area contributed by atoms with E-state index in [0.717, 1.165) is 11.6 Å². The molecule has 0 atom stereocenters. The average molecular weight is 235 g/mol. The third kappa shape index (κ3) is 7.56. The fraction of sp³-hybridized carbons (Fsp3) is 0.533. The molecule has 0 aromatic heterocycles. The fourth-order valence-corrected chi connectivity index (χ4v) is 1.33. The molecule has 0 saturated heterocycles. The molecule has 0 radical (unpaired) electrons. The van der Waals surface area contributed by atoms with Gasteiger partial charge >= 0.3 is 0 Å². The first-order valence-electron chi connectivity index (χ1n) is 6.49. The molecule has 96 valence electrons. The summed E-state index contributed by atoms with van der Waals surface area (Å²) in [6.07, 6.45) is 5.13. The van der Waals surface area contributed by atoms with E-state index < -0.39 is 0 Å². The van der Waals surface area contributed by atoms with E-state index in [0.29, 0.717) is 6.41 Å². The number of hydrogen-bond acceptors (Lipinski definition) is 1. The quantitative estimate of drug-likeness (QED) is 0.756. The van der Waals surface area contributed by atoms with Crippen molar-refractivity contribution < 1.29 is 4.79 Å². The minimum atomic E-state index is 0.671. The third-order valence-corrected chi connectivity index (χ3v) is 2.67. The van der Waals surface area contributed by atoms with Gasteiger partial charge in [0.25, 0.3) is 0 Å². The lowest BCUT2D eigenvalue weighted by Crippen LogP contribution is -2.04. The topological polar surface area (TPSA) is 29.1 Å². The molecule has 2 heteroatoms. The molecule has 2 nitrogen and oxygen atoms in total. The van der Waals surface area contributed by atoms with Crippen molar-refractivity contribution in [1.29, 1.82) is 0 Å². The summed E-state index contributed by atoms with van der Waals surface area (Å²) in [6, 6.07) is 7.63. The molecule has 1 fully saturated rings. The van der Waals surface area contributed by atoms with Crippen LogP contribution in [0, 0.1) is 12.8 Å². The van der Waals surface area contributed by atoms with Gasteiger partial charge in [0.1, 0.15) is 0 Å². The van der Waals surface area contributed by atoms with Crippen LogP contribution in [0.25, 0.3) is 0 Å². The van der Waals surface area contributed by atoms with Crippen LogP contribution < -0.4 is 5.32 Å². The van der Waals surface area contributed by atoms with Crippen LogP contribution in [0.5, 0.6) is 0 Å². The molecule has 0 spiro atoms. The first-order chi connectivity index (χ1) is 8.22. The second-order valence-electron chi connectivity index (χ2n) is 4.16. The third-order valence-electron chi connectivity index (χ3n) is 2.67. The van der Waals surface area contributed by atoms with Crippen molar-refractivity contribution in [3.05, 3.63) is 29.8 Å². The Kier molecular flexibility index (Phi) is 9.12. The Morgan fingerprint density at radius 2 is 1.65 bits per heavy atom. The van der Waals surface area contributed by atoms with Gasteiger partial charge in [-0.2, -0.15) is 0 Å². The molecule has 0 bridgehead atoms. The Labute approximate surface area is 105 Å². The molecule has 1 aromatic carbocycles. The minimum Gasteiger partial charge on any atom is -0.329 e. The van der Waals surface area contributed by atoms with E-state index in [1.54, 1.807) is 0 Å². The van der Waals surface area contributed by atoms with Crippen LogP contribution in [0.1, 0.15) is 45.6 Å². The lowest BCUT2D eigenvalue weighted by molar-refractivity contribution is -0.105. The number of carbonyl (C=O) groups excluding carboxylic acids is 1. The summed E-state index contributed by atoms with van der Waals surface area (Å²) < 4.78 is 0. The molecule has 1 aliphatic rings. The number of nitrogens with one attached hydrogen (secondary N) is 1. The lowest BCUT2D eigenvalue weighted by atomic mass is 9.88. The lowest BCUT2D eigenvalue weighted by Gasteiger charge is -2.18. The van der Waals surface area contributed by atoms with Crippen molar-refractivity contribution in [3.8, 4) is 0 Å². The Morgan fingerprint density at radius 3 is 1.94 bits per heavy atom. The zero-order chi connectivity index (χ0) is 13.1. The molecule has 1 N–H and O–H groups in total. The Balaban J connectivity index is 0.000000306. The maximum absolute atomic E-state index is 9.95. The van der Waals surface area contributed by atoms with Crippen molar-refractivity contribution in [3.63, 3.8) is 0 Å². The highest BCUT2D eigenvalue weighted by Crippen LogP contribution is 2.24. The highest BCUT2D eigenvalue weighted by atomic mass is 16.1. The molecule has 1 saturated carbocycles. The van der Waals surface area contributed by atoms with Gasteiger partial charge in [-0.3, -0.25) is 4.79 Å². The number of carbonyl (C=O) groups is 1. The Hall–Kier alpha value is -1.31. The molecule has 0 unspecified atom stereocenters. The molecule has 1 aliphatic carbocycles. The zero-order valence-electron chi connectivity index (χ0n) is 11.5. The van der Waals surface area contributed by atoms with Gasteiger partial charge in [-0.1, -0.05) is 57.7 Å². The van der Waals surface area contributed by atoms with E-state index in [-0.39, 0.29) is 0 Å². The fourth-order valence-electron chi connectivity index (χ4n) is 1.33. The molecule has 0 aliphatic heterocycles. The van der Waals surface area contributed by atoms with Gasteiger partial charge in [0.15, 0.2) is 0 Å². The highest BCUT2D eigenvalue weighted by Gasteiger charge is 2.09. The predicted molar refractivity (Wildman–Crippen MR) is 75.2 cm³/mol. The van der Waals surface area contributed by atoms with Gasteiger partial charge in [-0.15, -0.1) is 0 Å². The number of rotatable bonds is 2. The standard InChI is InChI=1S/C8H9NO.C5H10.C2H6/c1-7-2-4-8(5-3-7)9-6-10;1-5-3-2-4-5;1-2/h2-6H,1H3,(H,9,10);5H,2-4H2,1H3;1-2H3. The predicted octanol–water partition coefficient (Wildman–Crippen LogP) is 4.40. The van der Waals surface area contributed by atoms with Gasteiger partial charge in [-0.05, 0) is 25.0 Å². The van der Waals surface area contributed by atoms with E-state index in [4.69, 9.17) is 0 Å². The monoisotopic (exact) mass is 235 g/mol. The first-order valence-corrected chi connectivity index (χ1v) is 6.49. The van der Waals surface area contributed by atoms with E-state index in [2.05, 4.69) is 12.2 Å². The van der Waals surface area contributed by atoms with Crippen molar-refractivity contribution in [2.45, 2.75) is 47.0 Å². The van der Waals surface area contributed by atoms with Gasteiger partial charge in [0, 0.05) is 5.69 Å². The summed E-state index contributed by atoms with van der Waals surface area (Å²) in [5.41, 5.74) is 2.03. The molecule has 17 heavy (non-hydrogen) atoms. The molecule has 1 aromatic rings. The number of amides is 1. The zero-order valence-corrected chi connectivity index (χ0v) is 11.5. The van der Waals surface area contributed by atoms with Gasteiger partial charge in [0.05, 0.1) is 0 Å². The number of benzene rings is 1. The summed E-state index contributed by atoms with van der Waals surface area (Å²) >= 11 is 0. The van der Waals surface area contributed by atoms with Crippen LogP contribution in [0.15, 0.2) is 24.3 Å². The first kappa shape index (κ1) is 15.7. The maximum Gasteiger partial charge on any atom is 0.211 e. The van der Waals surface area contributed by atoms with Crippen molar-refractivity contribution in [2.24, 2.45) is 5.92 Å². The summed E-state index contributed by atoms with van der Waals surface area (Å²) in [6.45, 7) is 8.31. The van der Waals surface area contributed by atoms with E-state index >= 15 is 0 Å². The summed E-state index contributed by atoms with van der Waals surface area (Å²) in [7, 11) is 0. The summed E-state index contributed by atoms with van der Waals surface area (Å²) in [4.78, 5) is 9.95. The Morgan fingerprint density at radius 1 is 1.18 bits per heavy atom. The Bertz CT molecular complexity index is 288. The summed E-state index contributed by atoms with van der Waals surface area (Å²) in [5, 5.41) is 2.55. The number of hydrogen-bond donors (Lipinski definition) is 1. The van der Waals surface area contributed by atoms with Gasteiger partial charge < -0.3 is 5.32 Å². The van der Waals surface area contributed by atoms with Crippen LogP contribution in [0.2, 0.25) is 0 Å². The molecular weight excluding hydrogens is 210 g/mol. The highest BCUT2D eigenvalue weighted by molar-refractivity contribution is 5.70. The van der Waals surface area contributed by atoms with Gasteiger partial charge in [0.2, 0.25) is 6.41 Å². The molecule has 0 heterocycles. The van der Waals surface area contributed by atoms with E-state index in [1.807, 2.05) is 45.0 Å². The van der Waals surface area contributed by atoms with Crippen molar-refractivity contribution in [2.75, 3.05) is 5.32 Å². The number of aryl methyl sites for hydroxylation is 1.